The summed E-state index contributed by atoms with van der Waals surface area (Å²) in [5.74, 6) is 0. The molecule has 0 amide bonds. The molecule has 0 atom stereocenters. The van der Waals surface area contributed by atoms with Crippen LogP contribution < -0.4 is 5.73 Å². The van der Waals surface area contributed by atoms with Crippen molar-refractivity contribution in [1.82, 2.24) is 0 Å². The summed E-state index contributed by atoms with van der Waals surface area (Å²) < 4.78 is 0. The molecule has 2 N–H and O–H groups in total. The third kappa shape index (κ3) is 8.88. The molecule has 0 unspecified atom stereocenters. The third-order valence-corrected chi connectivity index (χ3v) is 1.58. The first-order valence-electron chi connectivity index (χ1n) is 4.26. The molecule has 0 aliphatic heterocycles. The number of halogens is 1. The first kappa shape index (κ1) is 15.3. The molecule has 1 rings (SSSR count). The van der Waals surface area contributed by atoms with Crippen LogP contribution in [0.1, 0.15) is 13.8 Å². The molecule has 0 heterocycles. The van der Waals surface area contributed by atoms with Crippen molar-refractivity contribution in [3.8, 4) is 0 Å². The molecule has 0 bridgehead atoms. The predicted octanol–water partition coefficient (Wildman–Crippen LogP) is 3.83. The van der Waals surface area contributed by atoms with Crippen LogP contribution in [0.5, 0.6) is 0 Å². The van der Waals surface area contributed by atoms with E-state index < -0.39 is 0 Å². The Kier molecular flexibility index (Phi) is 10.8. The van der Waals surface area contributed by atoms with E-state index in [1.54, 1.807) is 0 Å². The lowest BCUT2D eigenvalue weighted by atomic mass is 10.3. The minimum absolute atomic E-state index is 0. The van der Waals surface area contributed by atoms with Crippen molar-refractivity contribution >= 4 is 18.1 Å². The summed E-state index contributed by atoms with van der Waals surface area (Å²) in [5.41, 5.74) is 7.41. The Balaban J connectivity index is 0. The minimum Gasteiger partial charge on any atom is -0.399 e. The Morgan fingerprint density at radius 1 is 1.29 bits per heavy atom. The Hall–Kier alpha value is -1.21. The molecule has 0 aromatic heterocycles. The van der Waals surface area contributed by atoms with Gasteiger partial charge in [-0.2, -0.15) is 0 Å². The summed E-state index contributed by atoms with van der Waals surface area (Å²) in [4.78, 5) is 0. The van der Waals surface area contributed by atoms with E-state index in [2.05, 4.69) is 6.58 Å². The van der Waals surface area contributed by atoms with Gasteiger partial charge in [-0.3, -0.25) is 0 Å². The van der Waals surface area contributed by atoms with Crippen LogP contribution in [0, 0.1) is 0 Å². The van der Waals surface area contributed by atoms with Crippen molar-refractivity contribution in [3.05, 3.63) is 54.6 Å². The molecule has 78 valence electrons. The Labute approximate surface area is 92.7 Å². The molecule has 1 aromatic rings. The molecule has 0 spiro atoms. The summed E-state index contributed by atoms with van der Waals surface area (Å²) in [6.45, 7) is 7.58. The highest BCUT2D eigenvalue weighted by Gasteiger charge is 1.72. The number of nitrogens with two attached hydrogens (primary N) is 1. The first-order chi connectivity index (χ1) is 6.20. The van der Waals surface area contributed by atoms with E-state index in [9.17, 15) is 0 Å². The fraction of sp³-hybridized carbons (Fsp3) is 0.167. The fourth-order valence-corrected chi connectivity index (χ4v) is 0.571. The van der Waals surface area contributed by atoms with Gasteiger partial charge in [-0.05, 0) is 26.0 Å². The van der Waals surface area contributed by atoms with Gasteiger partial charge < -0.3 is 5.73 Å². The normalized spacial score (nSPS) is 9.14. The summed E-state index contributed by atoms with van der Waals surface area (Å²) >= 11 is 0. The minimum atomic E-state index is 0. The molecule has 1 aromatic carbocycles. The molecule has 0 fully saturated rings. The Morgan fingerprint density at radius 2 is 1.79 bits per heavy atom. The van der Waals surface area contributed by atoms with Crippen LogP contribution in [-0.4, -0.2) is 0 Å². The van der Waals surface area contributed by atoms with E-state index in [1.165, 1.54) is 5.57 Å². The van der Waals surface area contributed by atoms with E-state index in [1.807, 2.05) is 56.3 Å². The number of para-hydroxylation sites is 1. The maximum absolute atomic E-state index is 5.36. The summed E-state index contributed by atoms with van der Waals surface area (Å²) in [6.07, 6.45) is 3.85. The van der Waals surface area contributed by atoms with Gasteiger partial charge in [0, 0.05) is 5.69 Å². The standard InChI is InChI=1S/C6H7N.C6H10.ClH/c7-6-4-2-1-3-5-6;1-4-6(3)5-2;/h1-5H,7H2;4-5H,1H2,2-3H3;1H/b;6-5-;. The van der Waals surface area contributed by atoms with Crippen LogP contribution in [-0.2, 0) is 0 Å². The average molecular weight is 212 g/mol. The van der Waals surface area contributed by atoms with Gasteiger partial charge in [0.1, 0.15) is 0 Å². The van der Waals surface area contributed by atoms with Crippen LogP contribution in [0.15, 0.2) is 54.6 Å². The zero-order chi connectivity index (χ0) is 10.1. The number of benzene rings is 1. The maximum Gasteiger partial charge on any atom is 0.0313 e. The van der Waals surface area contributed by atoms with Gasteiger partial charge in [-0.25, -0.2) is 0 Å². The number of rotatable bonds is 1. The number of anilines is 1. The molecular formula is C12H18ClN. The summed E-state index contributed by atoms with van der Waals surface area (Å²) in [7, 11) is 0. The van der Waals surface area contributed by atoms with E-state index >= 15 is 0 Å². The van der Waals surface area contributed by atoms with Crippen molar-refractivity contribution in [3.63, 3.8) is 0 Å². The van der Waals surface area contributed by atoms with Gasteiger partial charge in [0.25, 0.3) is 0 Å². The van der Waals surface area contributed by atoms with Crippen LogP contribution >= 0.6 is 12.4 Å². The number of hydrogen-bond acceptors (Lipinski definition) is 1. The summed E-state index contributed by atoms with van der Waals surface area (Å²) in [6, 6.07) is 9.49. The lowest BCUT2D eigenvalue weighted by Crippen LogP contribution is -1.79. The predicted molar refractivity (Wildman–Crippen MR) is 67.7 cm³/mol. The van der Waals surface area contributed by atoms with Gasteiger partial charge in [0.15, 0.2) is 0 Å². The van der Waals surface area contributed by atoms with Gasteiger partial charge in [-0.15, -0.1) is 12.4 Å². The Morgan fingerprint density at radius 3 is 1.93 bits per heavy atom. The molecule has 0 radical (unpaired) electrons. The van der Waals surface area contributed by atoms with Gasteiger partial charge in [0.2, 0.25) is 0 Å². The molecule has 1 nitrogen and oxygen atoms in total. The second-order valence-corrected chi connectivity index (χ2v) is 2.65. The third-order valence-electron chi connectivity index (χ3n) is 1.58. The molecule has 0 aliphatic rings. The highest BCUT2D eigenvalue weighted by Crippen LogP contribution is 1.95. The SMILES string of the molecule is C=C/C(C)=C\C.Cl.Nc1ccccc1. The van der Waals surface area contributed by atoms with Crippen molar-refractivity contribution in [1.29, 1.82) is 0 Å². The number of allylic oxidation sites excluding steroid dienone is 3. The second kappa shape index (κ2) is 9.87. The van der Waals surface area contributed by atoms with Crippen LogP contribution in [0.4, 0.5) is 5.69 Å². The lowest BCUT2D eigenvalue weighted by molar-refractivity contribution is 1.49. The van der Waals surface area contributed by atoms with Gasteiger partial charge >= 0.3 is 0 Å². The molecule has 0 aliphatic carbocycles. The van der Waals surface area contributed by atoms with Gasteiger partial charge in [-0.1, -0.05) is 42.5 Å². The van der Waals surface area contributed by atoms with Crippen molar-refractivity contribution < 1.29 is 0 Å². The van der Waals surface area contributed by atoms with E-state index in [-0.39, 0.29) is 12.4 Å². The topological polar surface area (TPSA) is 26.0 Å². The van der Waals surface area contributed by atoms with Crippen LogP contribution in [0.2, 0.25) is 0 Å². The maximum atomic E-state index is 5.36. The second-order valence-electron chi connectivity index (χ2n) is 2.65. The Bertz CT molecular complexity index is 265. The molecule has 0 saturated carbocycles. The average Bonchev–Trinajstić information content (AvgIpc) is 2.19. The highest BCUT2D eigenvalue weighted by molar-refractivity contribution is 5.85. The molecule has 14 heavy (non-hydrogen) atoms. The fourth-order valence-electron chi connectivity index (χ4n) is 0.571. The van der Waals surface area contributed by atoms with Gasteiger partial charge in [0.05, 0.1) is 0 Å². The molecular weight excluding hydrogens is 194 g/mol. The van der Waals surface area contributed by atoms with Crippen LogP contribution in [0.3, 0.4) is 0 Å². The smallest absolute Gasteiger partial charge is 0.0313 e. The van der Waals surface area contributed by atoms with E-state index in [4.69, 9.17) is 5.73 Å². The monoisotopic (exact) mass is 211 g/mol. The quantitative estimate of drug-likeness (QED) is 0.555. The molecule has 0 saturated heterocycles. The summed E-state index contributed by atoms with van der Waals surface area (Å²) in [5, 5.41) is 0. The largest absolute Gasteiger partial charge is 0.399 e. The first-order valence-corrected chi connectivity index (χ1v) is 4.26. The van der Waals surface area contributed by atoms with E-state index in [0.717, 1.165) is 5.69 Å². The number of hydrogen-bond donors (Lipinski definition) is 1. The van der Waals surface area contributed by atoms with Crippen LogP contribution in [0.25, 0.3) is 0 Å². The highest BCUT2D eigenvalue weighted by atomic mass is 35.5. The zero-order valence-electron chi connectivity index (χ0n) is 8.73. The molecule has 2 heteroatoms. The van der Waals surface area contributed by atoms with E-state index in [0.29, 0.717) is 0 Å². The van der Waals surface area contributed by atoms with Crippen molar-refractivity contribution in [2.24, 2.45) is 0 Å². The number of nitrogen functional groups attached to an aromatic ring is 1. The van der Waals surface area contributed by atoms with Crippen molar-refractivity contribution in [2.45, 2.75) is 13.8 Å². The van der Waals surface area contributed by atoms with Crippen molar-refractivity contribution in [2.75, 3.05) is 5.73 Å². The zero-order valence-corrected chi connectivity index (χ0v) is 9.55. The lowest BCUT2D eigenvalue weighted by Gasteiger charge is -1.83.